The van der Waals surface area contributed by atoms with Gasteiger partial charge in [-0.1, -0.05) is 13.8 Å². The van der Waals surface area contributed by atoms with Crippen molar-refractivity contribution >= 4 is 23.2 Å². The summed E-state index contributed by atoms with van der Waals surface area (Å²) in [7, 11) is 0. The van der Waals surface area contributed by atoms with E-state index in [2.05, 4.69) is 13.8 Å². The number of rotatable bonds is 4. The summed E-state index contributed by atoms with van der Waals surface area (Å²) >= 11 is 11.2. The first kappa shape index (κ1) is 9.58. The summed E-state index contributed by atoms with van der Waals surface area (Å²) in [5, 5.41) is 0. The Bertz CT molecular complexity index is 69.3. The highest BCUT2D eigenvalue weighted by Crippen LogP contribution is 2.23. The zero-order valence-corrected chi connectivity index (χ0v) is 7.60. The lowest BCUT2D eigenvalue weighted by molar-refractivity contribution is 0.380. The fourth-order valence-electron chi connectivity index (χ4n) is 0.612. The van der Waals surface area contributed by atoms with E-state index in [1.807, 2.05) is 0 Å². The van der Waals surface area contributed by atoms with Crippen LogP contribution in [0.2, 0.25) is 0 Å². The average Bonchev–Trinajstić information content (AvgIpc) is 1.84. The van der Waals surface area contributed by atoms with E-state index in [1.165, 1.54) is 0 Å². The van der Waals surface area contributed by atoms with E-state index in [0.717, 1.165) is 24.6 Å². The molecule has 0 aromatic heterocycles. The number of hydrogen-bond acceptors (Lipinski definition) is 0. The summed E-state index contributed by atoms with van der Waals surface area (Å²) in [5.74, 6) is 1.48. The summed E-state index contributed by atoms with van der Waals surface area (Å²) in [6.45, 7) is 4.32. The zero-order valence-electron chi connectivity index (χ0n) is 6.08. The highest BCUT2D eigenvalue weighted by atomic mass is 35.5. The first-order valence-electron chi connectivity index (χ1n) is 3.24. The average molecular weight is 169 g/mol. The van der Waals surface area contributed by atoms with Crippen LogP contribution in [0.25, 0.3) is 0 Å². The molecule has 0 nitrogen and oxygen atoms in total. The van der Waals surface area contributed by atoms with E-state index in [1.54, 1.807) is 0 Å². The van der Waals surface area contributed by atoms with E-state index in [9.17, 15) is 0 Å². The molecule has 2 heteroatoms. The van der Waals surface area contributed by atoms with Gasteiger partial charge in [0, 0.05) is 11.8 Å². The SMILES string of the molecule is CC(C)(CCl)CCCCl. The van der Waals surface area contributed by atoms with Crippen LogP contribution in [-0.4, -0.2) is 11.8 Å². The fourth-order valence-corrected chi connectivity index (χ4v) is 0.879. The van der Waals surface area contributed by atoms with Crippen molar-refractivity contribution in [3.63, 3.8) is 0 Å². The number of halogens is 2. The molecule has 0 aromatic rings. The van der Waals surface area contributed by atoms with Gasteiger partial charge in [-0.15, -0.1) is 23.2 Å². The lowest BCUT2D eigenvalue weighted by Crippen LogP contribution is -2.12. The molecule has 0 heterocycles. The molecule has 0 rings (SSSR count). The summed E-state index contributed by atoms with van der Waals surface area (Å²) < 4.78 is 0. The Labute approximate surface area is 67.5 Å². The quantitative estimate of drug-likeness (QED) is 0.566. The van der Waals surface area contributed by atoms with E-state index >= 15 is 0 Å². The zero-order chi connectivity index (χ0) is 7.33. The first-order valence-corrected chi connectivity index (χ1v) is 4.31. The van der Waals surface area contributed by atoms with Crippen molar-refractivity contribution in [1.29, 1.82) is 0 Å². The highest BCUT2D eigenvalue weighted by molar-refractivity contribution is 6.18. The van der Waals surface area contributed by atoms with Gasteiger partial charge in [0.1, 0.15) is 0 Å². The fraction of sp³-hybridized carbons (Fsp3) is 1.00. The van der Waals surface area contributed by atoms with Crippen molar-refractivity contribution in [2.24, 2.45) is 5.41 Å². The Morgan fingerprint density at radius 3 is 2.11 bits per heavy atom. The van der Waals surface area contributed by atoms with Gasteiger partial charge >= 0.3 is 0 Å². The minimum atomic E-state index is 0.274. The van der Waals surface area contributed by atoms with Gasteiger partial charge in [-0.2, -0.15) is 0 Å². The van der Waals surface area contributed by atoms with Gasteiger partial charge in [0.25, 0.3) is 0 Å². The third-order valence-electron chi connectivity index (χ3n) is 1.35. The third-order valence-corrected chi connectivity index (χ3v) is 2.34. The van der Waals surface area contributed by atoms with Crippen LogP contribution in [0, 0.1) is 5.41 Å². The number of alkyl halides is 2. The maximum absolute atomic E-state index is 5.69. The Morgan fingerprint density at radius 2 is 1.78 bits per heavy atom. The molecule has 0 aliphatic carbocycles. The van der Waals surface area contributed by atoms with E-state index < -0.39 is 0 Å². The van der Waals surface area contributed by atoms with Crippen LogP contribution in [0.4, 0.5) is 0 Å². The predicted octanol–water partition coefficient (Wildman–Crippen LogP) is 3.27. The first-order chi connectivity index (χ1) is 4.12. The molecule has 0 unspecified atom stereocenters. The Morgan fingerprint density at radius 1 is 1.22 bits per heavy atom. The van der Waals surface area contributed by atoms with Gasteiger partial charge in [0.15, 0.2) is 0 Å². The number of hydrogen-bond donors (Lipinski definition) is 0. The van der Waals surface area contributed by atoms with Gasteiger partial charge in [-0.05, 0) is 18.3 Å². The van der Waals surface area contributed by atoms with Crippen LogP contribution >= 0.6 is 23.2 Å². The molecule has 0 saturated heterocycles. The Hall–Kier alpha value is 0.580. The van der Waals surface area contributed by atoms with Gasteiger partial charge in [-0.25, -0.2) is 0 Å². The molecule has 0 aromatic carbocycles. The van der Waals surface area contributed by atoms with Gasteiger partial charge in [0.05, 0.1) is 0 Å². The van der Waals surface area contributed by atoms with Crippen molar-refractivity contribution in [2.45, 2.75) is 26.7 Å². The maximum Gasteiger partial charge on any atom is 0.0274 e. The van der Waals surface area contributed by atoms with Gasteiger partial charge in [0.2, 0.25) is 0 Å². The van der Waals surface area contributed by atoms with Crippen molar-refractivity contribution in [1.82, 2.24) is 0 Å². The van der Waals surface area contributed by atoms with Crippen LogP contribution in [-0.2, 0) is 0 Å². The molecule has 0 atom stereocenters. The molecule has 56 valence electrons. The summed E-state index contributed by atoms with van der Waals surface area (Å²) in [5.41, 5.74) is 0.274. The van der Waals surface area contributed by atoms with E-state index in [4.69, 9.17) is 23.2 Å². The van der Waals surface area contributed by atoms with Crippen LogP contribution in [0.3, 0.4) is 0 Å². The Kier molecular flexibility index (Phi) is 4.69. The molecule has 0 aliphatic rings. The molecular weight excluding hydrogens is 155 g/mol. The lowest BCUT2D eigenvalue weighted by Gasteiger charge is -2.19. The Balaban J connectivity index is 3.33. The molecule has 0 aliphatic heterocycles. The summed E-state index contributed by atoms with van der Waals surface area (Å²) in [6.07, 6.45) is 2.20. The second-order valence-corrected chi connectivity index (χ2v) is 3.74. The van der Waals surface area contributed by atoms with Crippen molar-refractivity contribution < 1.29 is 0 Å². The van der Waals surface area contributed by atoms with Gasteiger partial charge in [-0.3, -0.25) is 0 Å². The summed E-state index contributed by atoms with van der Waals surface area (Å²) in [4.78, 5) is 0. The topological polar surface area (TPSA) is 0 Å². The predicted molar refractivity (Wildman–Crippen MR) is 44.5 cm³/mol. The second kappa shape index (κ2) is 4.40. The second-order valence-electron chi connectivity index (χ2n) is 3.09. The van der Waals surface area contributed by atoms with Gasteiger partial charge < -0.3 is 0 Å². The summed E-state index contributed by atoms with van der Waals surface area (Å²) in [6, 6.07) is 0. The molecular formula is C7H14Cl2. The van der Waals surface area contributed by atoms with Crippen molar-refractivity contribution in [2.75, 3.05) is 11.8 Å². The van der Waals surface area contributed by atoms with Crippen molar-refractivity contribution in [3.05, 3.63) is 0 Å². The monoisotopic (exact) mass is 168 g/mol. The molecule has 0 fully saturated rings. The molecule has 0 amide bonds. The van der Waals surface area contributed by atoms with Crippen LogP contribution in [0.5, 0.6) is 0 Å². The molecule has 0 spiro atoms. The largest absolute Gasteiger partial charge is 0.127 e. The smallest absolute Gasteiger partial charge is 0.0274 e. The standard InChI is InChI=1S/C7H14Cl2/c1-7(2,6-9)4-3-5-8/h3-6H2,1-2H3. The molecule has 9 heavy (non-hydrogen) atoms. The van der Waals surface area contributed by atoms with E-state index in [-0.39, 0.29) is 5.41 Å². The molecule has 0 saturated carbocycles. The third kappa shape index (κ3) is 5.05. The molecule has 0 N–H and O–H groups in total. The molecule has 0 radical (unpaired) electrons. The van der Waals surface area contributed by atoms with Crippen LogP contribution in [0.1, 0.15) is 26.7 Å². The minimum absolute atomic E-state index is 0.274. The van der Waals surface area contributed by atoms with Crippen molar-refractivity contribution in [3.8, 4) is 0 Å². The molecule has 0 bridgehead atoms. The maximum atomic E-state index is 5.69. The van der Waals surface area contributed by atoms with E-state index in [0.29, 0.717) is 0 Å². The van der Waals surface area contributed by atoms with Crippen LogP contribution in [0.15, 0.2) is 0 Å². The minimum Gasteiger partial charge on any atom is -0.127 e. The lowest BCUT2D eigenvalue weighted by atomic mass is 9.91. The highest BCUT2D eigenvalue weighted by Gasteiger charge is 2.14. The normalized spacial score (nSPS) is 12.0. The van der Waals surface area contributed by atoms with Crippen LogP contribution < -0.4 is 0 Å².